The zero-order valence-corrected chi connectivity index (χ0v) is 44.8. The van der Waals surface area contributed by atoms with Gasteiger partial charge in [-0.2, -0.15) is 0 Å². The zero-order valence-electron chi connectivity index (χ0n) is 43.9. The summed E-state index contributed by atoms with van der Waals surface area (Å²) in [5, 5.41) is 3.02. The van der Waals surface area contributed by atoms with Gasteiger partial charge in [-0.1, -0.05) is 202 Å². The molecule has 0 spiro atoms. The van der Waals surface area contributed by atoms with Crippen molar-refractivity contribution in [2.45, 2.75) is 226 Å². The van der Waals surface area contributed by atoms with Crippen LogP contribution in [0.1, 0.15) is 213 Å². The van der Waals surface area contributed by atoms with Gasteiger partial charge in [-0.25, -0.2) is 4.57 Å². The largest absolute Gasteiger partial charge is 0.472 e. The number of amides is 1. The van der Waals surface area contributed by atoms with E-state index in [2.05, 4.69) is 99.0 Å². The molecule has 0 aromatic rings. The molecule has 0 aliphatic rings. The molecule has 0 saturated heterocycles. The van der Waals surface area contributed by atoms with Crippen LogP contribution in [0.25, 0.3) is 0 Å². The normalized spacial score (nSPS) is 14.6. The average Bonchev–Trinajstić information content (AvgIpc) is 3.28. The molecule has 0 rings (SSSR count). The smallest absolute Gasteiger partial charge is 0.456 e. The molecule has 0 aliphatic heterocycles. The molecule has 0 aromatic heterocycles. The van der Waals surface area contributed by atoms with Gasteiger partial charge in [0.05, 0.1) is 33.8 Å². The topological polar surface area (TPSA) is 111 Å². The summed E-state index contributed by atoms with van der Waals surface area (Å²) in [7, 11) is 1.46. The number of phosphoric acid groups is 1. The van der Waals surface area contributed by atoms with Crippen LogP contribution in [0.2, 0.25) is 0 Å². The maximum atomic E-state index is 13.4. The number of quaternary nitrogens is 1. The number of hydrogen-bond donors (Lipinski definition) is 2. The van der Waals surface area contributed by atoms with Gasteiger partial charge in [0.1, 0.15) is 19.3 Å². The lowest BCUT2D eigenvalue weighted by atomic mass is 10.0. The van der Waals surface area contributed by atoms with E-state index in [-0.39, 0.29) is 31.5 Å². The molecule has 1 amide bonds. The molecule has 0 aromatic carbocycles. The minimum absolute atomic E-state index is 0.0296. The van der Waals surface area contributed by atoms with E-state index in [0.717, 1.165) is 103 Å². The third-order valence-corrected chi connectivity index (χ3v) is 12.4. The molecule has 386 valence electrons. The van der Waals surface area contributed by atoms with Crippen LogP contribution < -0.4 is 5.32 Å². The molecule has 67 heavy (non-hydrogen) atoms. The van der Waals surface area contributed by atoms with Crippen molar-refractivity contribution in [2.75, 3.05) is 40.9 Å². The lowest BCUT2D eigenvalue weighted by molar-refractivity contribution is -0.870. The van der Waals surface area contributed by atoms with Crippen LogP contribution in [0.3, 0.4) is 0 Å². The third-order valence-electron chi connectivity index (χ3n) is 11.4. The van der Waals surface area contributed by atoms with Gasteiger partial charge < -0.3 is 19.4 Å². The first kappa shape index (κ1) is 64.2. The van der Waals surface area contributed by atoms with Crippen LogP contribution in [0.15, 0.2) is 85.1 Å². The van der Waals surface area contributed by atoms with Crippen molar-refractivity contribution in [3.05, 3.63) is 85.1 Å². The molecule has 0 radical (unpaired) electrons. The molecular formula is C57H102N2O7P+. The Morgan fingerprint density at radius 3 is 1.60 bits per heavy atom. The van der Waals surface area contributed by atoms with Crippen molar-refractivity contribution in [1.82, 2.24) is 5.32 Å². The molecule has 3 unspecified atom stereocenters. The summed E-state index contributed by atoms with van der Waals surface area (Å²) in [5.41, 5.74) is 0. The highest BCUT2D eigenvalue weighted by Crippen LogP contribution is 2.43. The van der Waals surface area contributed by atoms with E-state index in [4.69, 9.17) is 13.8 Å². The van der Waals surface area contributed by atoms with E-state index < -0.39 is 20.0 Å². The van der Waals surface area contributed by atoms with Crippen molar-refractivity contribution in [3.8, 4) is 0 Å². The van der Waals surface area contributed by atoms with Gasteiger partial charge in [0, 0.05) is 12.8 Å². The average molecular weight is 958 g/mol. The van der Waals surface area contributed by atoms with Crippen molar-refractivity contribution >= 4 is 19.7 Å². The van der Waals surface area contributed by atoms with E-state index in [1.807, 2.05) is 33.3 Å². The fourth-order valence-electron chi connectivity index (χ4n) is 7.25. The van der Waals surface area contributed by atoms with Gasteiger partial charge in [-0.3, -0.25) is 18.6 Å². The number of likely N-dealkylation sites (N-methyl/N-ethyl adjacent to an activating group) is 1. The number of nitrogens with zero attached hydrogens (tertiary/aromatic N) is 1. The fraction of sp³-hybridized carbons (Fsp3) is 0.719. The van der Waals surface area contributed by atoms with Crippen LogP contribution in [-0.2, 0) is 27.9 Å². The number of unbranched alkanes of at least 4 members (excludes halogenated alkanes) is 21. The fourth-order valence-corrected chi connectivity index (χ4v) is 7.98. The zero-order chi connectivity index (χ0) is 49.4. The standard InChI is InChI=1S/C57H101N2O7P/c1-7-10-13-16-19-22-25-28-30-32-35-38-41-44-47-50-57(61)66-55(48-45-42-39-36-33-27-24-21-18-15-12-9-3)54(53-65-67(62,63)64-52-51-59(4,5)6)58-56(60)49-46-43-40-37-34-31-29-26-23-20-17-14-11-8-2/h10-11,13-14,16,19-20,22-23,25,29,31,45,48,54-55H,7-9,12,15,17-18,21,24,26-28,30,32-44,46-47,49-53H2,1-6H3,(H-,58,60,62,63)/p+1/b13-10+,14-11+,19-16+,23-20+,25-22+,31-29+,48-45+. The Labute approximate surface area is 412 Å². The molecule has 0 bridgehead atoms. The second kappa shape index (κ2) is 46.9. The summed E-state index contributed by atoms with van der Waals surface area (Å²) in [4.78, 5) is 37.5. The quantitative estimate of drug-likeness (QED) is 0.0156. The van der Waals surface area contributed by atoms with Gasteiger partial charge in [0.2, 0.25) is 5.91 Å². The number of nitrogens with one attached hydrogen (secondary N) is 1. The Balaban J connectivity index is 5.46. The van der Waals surface area contributed by atoms with Crippen LogP contribution in [0.4, 0.5) is 0 Å². The summed E-state index contributed by atoms with van der Waals surface area (Å²) in [6.07, 6.45) is 60.0. The Bertz CT molecular complexity index is 1430. The maximum Gasteiger partial charge on any atom is 0.472 e. The molecule has 0 fully saturated rings. The van der Waals surface area contributed by atoms with E-state index in [1.165, 1.54) is 70.6 Å². The number of hydrogen-bond acceptors (Lipinski definition) is 6. The van der Waals surface area contributed by atoms with E-state index in [1.54, 1.807) is 0 Å². The molecule has 9 nitrogen and oxygen atoms in total. The number of carbonyl (C=O) groups is 2. The minimum Gasteiger partial charge on any atom is -0.456 e. The lowest BCUT2D eigenvalue weighted by Gasteiger charge is -2.27. The summed E-state index contributed by atoms with van der Waals surface area (Å²) in [6, 6.07) is -0.867. The number of carbonyl (C=O) groups excluding carboxylic acids is 2. The van der Waals surface area contributed by atoms with Crippen molar-refractivity contribution in [1.29, 1.82) is 0 Å². The molecule has 0 saturated carbocycles. The Morgan fingerprint density at radius 2 is 1.03 bits per heavy atom. The second-order valence-electron chi connectivity index (χ2n) is 19.0. The molecule has 0 heterocycles. The van der Waals surface area contributed by atoms with Gasteiger partial charge in [-0.05, 0) is 83.1 Å². The highest BCUT2D eigenvalue weighted by Gasteiger charge is 2.30. The van der Waals surface area contributed by atoms with Crippen molar-refractivity contribution < 1.29 is 37.3 Å². The molecular weight excluding hydrogens is 856 g/mol. The second-order valence-corrected chi connectivity index (χ2v) is 20.5. The van der Waals surface area contributed by atoms with Crippen LogP contribution in [0, 0.1) is 0 Å². The SMILES string of the molecule is CC/C=C/C=C/C=C/CCCCCCCCCC(=O)OC(/C=C/CCCCCCCCCCCC)C(COP(=O)(O)OCC[N+](C)(C)C)NC(=O)CCCCCC/C=C/C/C=C/C/C=C/CC. The number of allylic oxidation sites excluding steroid dienone is 13. The molecule has 10 heteroatoms. The van der Waals surface area contributed by atoms with E-state index in [0.29, 0.717) is 23.9 Å². The molecule has 0 aliphatic carbocycles. The van der Waals surface area contributed by atoms with Crippen LogP contribution in [-0.4, -0.2) is 74.3 Å². The van der Waals surface area contributed by atoms with Gasteiger partial charge in [0.25, 0.3) is 0 Å². The van der Waals surface area contributed by atoms with Crippen LogP contribution >= 0.6 is 7.82 Å². The van der Waals surface area contributed by atoms with Gasteiger partial charge in [0.15, 0.2) is 0 Å². The van der Waals surface area contributed by atoms with E-state index >= 15 is 0 Å². The Hall–Kier alpha value is -2.81. The van der Waals surface area contributed by atoms with Crippen molar-refractivity contribution in [3.63, 3.8) is 0 Å². The van der Waals surface area contributed by atoms with Crippen molar-refractivity contribution in [2.24, 2.45) is 0 Å². The van der Waals surface area contributed by atoms with E-state index in [9.17, 15) is 19.0 Å². The Morgan fingerprint density at radius 1 is 0.552 bits per heavy atom. The van der Waals surface area contributed by atoms with Gasteiger partial charge in [-0.15, -0.1) is 0 Å². The first-order valence-corrected chi connectivity index (χ1v) is 28.4. The first-order valence-electron chi connectivity index (χ1n) is 26.9. The summed E-state index contributed by atoms with van der Waals surface area (Å²) >= 11 is 0. The third kappa shape index (κ3) is 48.0. The van der Waals surface area contributed by atoms with Crippen LogP contribution in [0.5, 0.6) is 0 Å². The highest BCUT2D eigenvalue weighted by molar-refractivity contribution is 7.47. The highest BCUT2D eigenvalue weighted by atomic mass is 31.2. The predicted octanol–water partition coefficient (Wildman–Crippen LogP) is 15.9. The number of esters is 1. The summed E-state index contributed by atoms with van der Waals surface area (Å²) in [5.74, 6) is -0.552. The number of rotatable bonds is 47. The van der Waals surface area contributed by atoms with Gasteiger partial charge >= 0.3 is 13.8 Å². The maximum absolute atomic E-state index is 13.4. The molecule has 2 N–H and O–H groups in total. The lowest BCUT2D eigenvalue weighted by Crippen LogP contribution is -2.47. The summed E-state index contributed by atoms with van der Waals surface area (Å²) in [6.45, 7) is 6.72. The summed E-state index contributed by atoms with van der Waals surface area (Å²) < 4.78 is 30.5. The number of phosphoric ester groups is 1. The monoisotopic (exact) mass is 958 g/mol. The number of ether oxygens (including phenoxy) is 1. The predicted molar refractivity (Wildman–Crippen MR) is 286 cm³/mol. The molecule has 3 atom stereocenters. The minimum atomic E-state index is -4.45. The first-order chi connectivity index (χ1) is 32.4. The Kier molecular flexibility index (Phi) is 44.9.